The van der Waals surface area contributed by atoms with Crippen LogP contribution in [-0.4, -0.2) is 226 Å². The number of piperazine rings is 2. The average Bonchev–Trinajstić information content (AvgIpc) is 1.63. The van der Waals surface area contributed by atoms with E-state index in [1.165, 1.54) is 55.1 Å². The van der Waals surface area contributed by atoms with Gasteiger partial charge in [0, 0.05) is 108 Å². The first-order valence-electron chi connectivity index (χ1n) is 40.7. The molecule has 0 saturated carbocycles. The molecule has 3 atom stereocenters. The van der Waals surface area contributed by atoms with E-state index in [0.717, 1.165) is 135 Å². The normalized spacial score (nSPS) is 17.0. The lowest BCUT2D eigenvalue weighted by atomic mass is 10.2. The number of hydrogen-bond acceptors (Lipinski definition) is 33. The van der Waals surface area contributed by atoms with E-state index in [9.17, 15) is 29.8 Å². The van der Waals surface area contributed by atoms with E-state index in [-0.39, 0.29) is 75.1 Å². The van der Waals surface area contributed by atoms with Crippen LogP contribution in [-0.2, 0) is 18.9 Å². The first-order chi connectivity index (χ1) is 62.1. The number of nitro benzene ring substituents is 2. The van der Waals surface area contributed by atoms with Gasteiger partial charge in [0.05, 0.1) is 102 Å². The summed E-state index contributed by atoms with van der Waals surface area (Å²) in [5.74, 6) is 2.63. The Morgan fingerprint density at radius 1 is 0.508 bits per heavy atom. The van der Waals surface area contributed by atoms with Gasteiger partial charge in [-0.1, -0.05) is 35.3 Å². The molecule has 47 heteroatoms. The molecule has 0 bridgehead atoms. The SMILES string of the molecule is C1=COCCC1.COc1cc(N2CCN(C)CC2)ccc1N.COc1cc(N2CCN(C)CC2)ccc1Nc1nc(Oc2cccc([N+](=O)[O-])c2)c2cnn(C3CCCCO3)c2n1.Clc1nc(Cl)c2cn[nH]c2n1.Clc1nc(Cl)c2cnn(C3CCCCO3)c2n1.O=[N+]([O-])c1cccc(Oc2nc(Cl)nc3c2cnn3C2CCCCO2)c1.O=c1[nH]c(=O)c2cn[nH]c2[nH]1. The van der Waals surface area contributed by atoms with Crippen molar-refractivity contribution in [2.24, 2.45) is 0 Å². The smallest absolute Gasteiger partial charge is 0.327 e. The molecule has 20 rings (SSSR count). The number of non-ortho nitro benzene ring substituents is 2. The Morgan fingerprint density at radius 3 is 1.51 bits per heavy atom. The monoisotopic (exact) mass is 1850 g/mol. The molecule has 3 unspecified atom stereocenters. The maximum atomic E-state index is 11.3. The van der Waals surface area contributed by atoms with Crippen molar-refractivity contribution in [2.75, 3.05) is 128 Å². The zero-order valence-corrected chi connectivity index (χ0v) is 73.4. The highest BCUT2D eigenvalue weighted by atomic mass is 35.5. The standard InChI is InChI=1S/C28H32N8O5.C16H14ClN5O4.C12H19N3O.C10H10Cl2N4O.C5H2Cl2N4.C5H4N4O2.C5H8O/c1-33-11-13-34(14-12-33)19-9-10-23(24(17-19)39-2)30-28-31-26-22(18-29-35(26)25-8-3-4-15-40-25)27(32-28)41-21-7-5-6-20(16-21)36(37)38;17-16-19-14-12(9-18-21(14)13-6-1-2-7-25-13)15(20-16)26-11-5-3-4-10(8-11)22(23)24;1-14-5-7-15(8-6-14)10-3-4-11(13)12(9-10)16-2;11-8-6-5-13-16(7-3-1-2-4-17-7)9(6)15-10(12)14-8;6-3-2-1-8-11-4(2)10-5(7)9-3;10-4-2-1-6-9-3(2)7-5(11)8-4;1-2-4-6-5-3-1/h5-7,9-10,16-18,25H,3-4,8,11-15H2,1-2H3,(H,30,31,32);3-5,8-9,13H,1-2,6-7H2;3-4,9H,5-8,13H2,1-2H3;5,7H,1-4H2;1H,(H,8,9,10,11);1H,(H3,6,7,8,9,10,11);2,4H,1,3,5H2. The number of aromatic amines is 4. The topological polar surface area (TPSA) is 491 Å². The minimum atomic E-state index is -0.535. The minimum Gasteiger partial charge on any atom is -0.502 e. The van der Waals surface area contributed by atoms with Gasteiger partial charge < -0.3 is 68.5 Å². The molecule has 42 nitrogen and oxygen atoms in total. The second-order valence-electron chi connectivity index (χ2n) is 29.5. The number of nitrogen functional groups attached to an aromatic ring is 1. The largest absolute Gasteiger partial charge is 0.502 e. The molecule has 0 amide bonds. The zero-order valence-electron chi connectivity index (χ0n) is 69.6. The number of methoxy groups -OCH3 is 2. The van der Waals surface area contributed by atoms with Crippen molar-refractivity contribution in [1.82, 2.24) is 109 Å². The van der Waals surface area contributed by atoms with Crippen LogP contribution in [0.25, 0.3) is 55.2 Å². The molecule has 0 spiro atoms. The molecule has 7 N–H and O–H groups in total. The van der Waals surface area contributed by atoms with Crippen molar-refractivity contribution in [3.63, 3.8) is 0 Å². The van der Waals surface area contributed by atoms with Crippen molar-refractivity contribution in [2.45, 2.75) is 89.3 Å². The molecular formula is C81H89Cl5N28O14. The van der Waals surface area contributed by atoms with Crippen LogP contribution >= 0.6 is 58.0 Å². The van der Waals surface area contributed by atoms with Crippen LogP contribution in [0, 0.1) is 20.2 Å². The van der Waals surface area contributed by atoms with Crippen LogP contribution in [0.3, 0.4) is 0 Å². The number of halogens is 5. The zero-order chi connectivity index (χ0) is 89.7. The Kier molecular flexibility index (Phi) is 31.2. The first-order valence-corrected chi connectivity index (χ1v) is 42.6. The fraction of sp³-hybridized carbons (Fsp3) is 0.370. The molecule has 0 radical (unpaired) electrons. The van der Waals surface area contributed by atoms with Crippen LogP contribution in [0.4, 0.5) is 40.1 Å². The molecule has 6 aliphatic heterocycles. The number of nitrogens with zero attached hydrogens (tertiary/aromatic N) is 22. The lowest BCUT2D eigenvalue weighted by Gasteiger charge is -2.34. The predicted molar refractivity (Wildman–Crippen MR) is 480 cm³/mol. The molecule has 10 aromatic heterocycles. The number of anilines is 5. The van der Waals surface area contributed by atoms with E-state index in [2.05, 4.69) is 132 Å². The summed E-state index contributed by atoms with van der Waals surface area (Å²) in [6, 6.07) is 23.8. The van der Waals surface area contributed by atoms with E-state index in [0.29, 0.717) is 95.8 Å². The third-order valence-electron chi connectivity index (χ3n) is 20.8. The van der Waals surface area contributed by atoms with E-state index in [1.54, 1.807) is 77.5 Å². The molecule has 14 aromatic rings. The number of allylic oxidation sites excluding steroid dienone is 1. The van der Waals surface area contributed by atoms with Gasteiger partial charge in [0.1, 0.15) is 55.1 Å². The number of ether oxygens (including phenoxy) is 8. The lowest BCUT2D eigenvalue weighted by Crippen LogP contribution is -2.44. The molecule has 128 heavy (non-hydrogen) atoms. The molecule has 672 valence electrons. The summed E-state index contributed by atoms with van der Waals surface area (Å²) in [4.78, 5) is 90.1. The second kappa shape index (κ2) is 43.6. The van der Waals surface area contributed by atoms with Crippen molar-refractivity contribution in [3.05, 3.63) is 195 Å². The van der Waals surface area contributed by atoms with Crippen LogP contribution in [0.2, 0.25) is 26.2 Å². The number of nitrogens with one attached hydrogen (secondary N) is 5. The third kappa shape index (κ3) is 23.5. The summed E-state index contributed by atoms with van der Waals surface area (Å²) in [6.45, 7) is 11.2. The Hall–Kier alpha value is -12.8. The average molecular weight is 1860 g/mol. The molecule has 5 fully saturated rings. The van der Waals surface area contributed by atoms with Crippen LogP contribution in [0.15, 0.2) is 138 Å². The van der Waals surface area contributed by atoms with E-state index >= 15 is 0 Å². The van der Waals surface area contributed by atoms with E-state index in [1.807, 2.05) is 30.3 Å². The number of H-pyrrole nitrogens is 4. The van der Waals surface area contributed by atoms with Crippen LogP contribution in [0.1, 0.15) is 89.3 Å². The van der Waals surface area contributed by atoms with Gasteiger partial charge >= 0.3 is 5.69 Å². The predicted octanol–water partition coefficient (Wildman–Crippen LogP) is 14.4. The molecular weight excluding hydrogens is 1770 g/mol. The minimum absolute atomic E-state index is 0.00418. The second-order valence-corrected chi connectivity index (χ2v) is 31.2. The fourth-order valence-corrected chi connectivity index (χ4v) is 15.0. The summed E-state index contributed by atoms with van der Waals surface area (Å²) in [6.07, 6.45) is 22.3. The summed E-state index contributed by atoms with van der Waals surface area (Å²) in [5.41, 5.74) is 10.9. The molecule has 16 heterocycles. The Bertz CT molecular complexity index is 6290. The Balaban J connectivity index is 0.000000131. The number of fused-ring (bicyclic) bond motifs is 5. The van der Waals surface area contributed by atoms with Gasteiger partial charge in [-0.25, -0.2) is 28.8 Å². The Labute approximate surface area is 753 Å². The van der Waals surface area contributed by atoms with Crippen LogP contribution < -0.4 is 51.0 Å². The first kappa shape index (κ1) is 91.4. The van der Waals surface area contributed by atoms with Gasteiger partial charge in [-0.15, -0.1) is 0 Å². The van der Waals surface area contributed by atoms with Crippen molar-refractivity contribution in [3.8, 4) is 34.8 Å². The highest BCUT2D eigenvalue weighted by molar-refractivity contribution is 6.36. The Morgan fingerprint density at radius 2 is 1.00 bits per heavy atom. The molecule has 4 aromatic carbocycles. The van der Waals surface area contributed by atoms with E-state index in [4.69, 9.17) is 107 Å². The quantitative estimate of drug-likeness (QED) is 0.0182. The molecule has 6 aliphatic rings. The number of hydrogen-bond donors (Lipinski definition) is 6. The van der Waals surface area contributed by atoms with Gasteiger partial charge in [0.25, 0.3) is 16.9 Å². The fourth-order valence-electron chi connectivity index (χ4n) is 14.0. The number of rotatable bonds is 15. The molecule has 5 saturated heterocycles. The van der Waals surface area contributed by atoms with Gasteiger partial charge in [0.2, 0.25) is 33.6 Å². The number of nitrogens with two attached hydrogens (primary N) is 1. The molecule has 0 aliphatic carbocycles. The van der Waals surface area contributed by atoms with Gasteiger partial charge in [0.15, 0.2) is 41.3 Å². The lowest BCUT2D eigenvalue weighted by molar-refractivity contribution is -0.385. The number of aromatic nitrogens is 20. The van der Waals surface area contributed by atoms with Gasteiger partial charge in [-0.2, -0.15) is 55.4 Å². The van der Waals surface area contributed by atoms with Crippen molar-refractivity contribution < 1.29 is 47.7 Å². The van der Waals surface area contributed by atoms with Gasteiger partial charge in [-0.05, 0) is 162 Å². The van der Waals surface area contributed by atoms with E-state index < -0.39 is 21.1 Å². The van der Waals surface area contributed by atoms with Crippen LogP contribution in [0.5, 0.6) is 34.8 Å². The number of likely N-dealkylation sites (N-methyl/N-ethyl adjacent to an activating group) is 2. The van der Waals surface area contributed by atoms with Crippen molar-refractivity contribution >= 4 is 153 Å². The number of benzene rings is 4. The summed E-state index contributed by atoms with van der Waals surface area (Å²) < 4.78 is 50.2. The highest BCUT2D eigenvalue weighted by Gasteiger charge is 2.28. The summed E-state index contributed by atoms with van der Waals surface area (Å²) in [7, 11) is 7.57. The maximum Gasteiger partial charge on any atom is 0.327 e. The highest BCUT2D eigenvalue weighted by Crippen LogP contribution is 2.39. The number of nitro groups is 2. The van der Waals surface area contributed by atoms with Gasteiger partial charge in [-0.3, -0.25) is 45.2 Å². The maximum absolute atomic E-state index is 11.3. The summed E-state index contributed by atoms with van der Waals surface area (Å²) >= 11 is 29.1. The third-order valence-corrected chi connectivity index (χ3v) is 21.8. The summed E-state index contributed by atoms with van der Waals surface area (Å²) in [5, 5.41) is 54.9. The van der Waals surface area contributed by atoms with Crippen molar-refractivity contribution in [1.29, 1.82) is 0 Å².